The van der Waals surface area contributed by atoms with Crippen molar-refractivity contribution in [3.8, 4) is 5.75 Å². The zero-order chi connectivity index (χ0) is 14.8. The lowest BCUT2D eigenvalue weighted by Gasteiger charge is -2.10. The third-order valence-electron chi connectivity index (χ3n) is 3.12. The molecule has 1 atom stereocenters. The van der Waals surface area contributed by atoms with Gasteiger partial charge in [0.25, 0.3) is 5.91 Å². The number of carbonyl (C=O) groups excluding carboxylic acids is 1. The second kappa shape index (κ2) is 5.53. The van der Waals surface area contributed by atoms with E-state index in [1.807, 2.05) is 24.3 Å². The lowest BCUT2D eigenvalue weighted by Crippen LogP contribution is -2.37. The molecule has 0 aliphatic carbocycles. The summed E-state index contributed by atoms with van der Waals surface area (Å²) in [5.74, 6) is -0.559. The Labute approximate surface area is 124 Å². The monoisotopic (exact) mass is 304 g/mol. The third-order valence-corrected chi connectivity index (χ3v) is 3.97. The van der Waals surface area contributed by atoms with Crippen LogP contribution in [0.1, 0.15) is 21.1 Å². The van der Waals surface area contributed by atoms with Gasteiger partial charge in [-0.3, -0.25) is 4.79 Å². The molecular weight excluding hydrogens is 292 g/mol. The molecule has 2 aromatic rings. The maximum atomic E-state index is 12.1. The first-order valence-corrected chi connectivity index (χ1v) is 7.21. The lowest BCUT2D eigenvalue weighted by molar-refractivity contribution is -0.127. The highest BCUT2D eigenvalue weighted by Crippen LogP contribution is 2.28. The highest BCUT2D eigenvalue weighted by molar-refractivity contribution is 7.09. The molecule has 0 radical (unpaired) electrons. The average Bonchev–Trinajstić information content (AvgIpc) is 3.11. The van der Waals surface area contributed by atoms with Crippen LogP contribution in [0.5, 0.6) is 5.75 Å². The van der Waals surface area contributed by atoms with E-state index in [1.165, 1.54) is 16.7 Å². The summed E-state index contributed by atoms with van der Waals surface area (Å²) >= 11 is 1.20. The molecule has 0 bridgehead atoms. The standard InChI is InChI=1S/C14H12N2O4S/c17-13(11-5-8-3-1-2-4-10(8)20-11)15-6-12-16-9(7-21-12)14(18)19/h1-4,7,11H,5-6H2,(H,15,17)(H,18,19). The number of ether oxygens (including phenoxy) is 1. The normalized spacial score (nSPS) is 16.1. The zero-order valence-electron chi connectivity index (χ0n) is 10.9. The van der Waals surface area contributed by atoms with E-state index in [2.05, 4.69) is 10.3 Å². The van der Waals surface area contributed by atoms with Crippen LogP contribution in [0.4, 0.5) is 0 Å². The van der Waals surface area contributed by atoms with Crippen molar-refractivity contribution < 1.29 is 19.4 Å². The lowest BCUT2D eigenvalue weighted by atomic mass is 10.1. The van der Waals surface area contributed by atoms with E-state index in [-0.39, 0.29) is 18.1 Å². The first-order valence-electron chi connectivity index (χ1n) is 6.33. The molecule has 0 spiro atoms. The fourth-order valence-electron chi connectivity index (χ4n) is 2.10. The van der Waals surface area contributed by atoms with Crippen LogP contribution in [0.3, 0.4) is 0 Å². The number of hydrogen-bond acceptors (Lipinski definition) is 5. The summed E-state index contributed by atoms with van der Waals surface area (Å²) in [5.41, 5.74) is 1.01. The number of carboxylic acid groups (broad SMARTS) is 1. The molecule has 1 aliphatic rings. The van der Waals surface area contributed by atoms with E-state index < -0.39 is 12.1 Å². The largest absolute Gasteiger partial charge is 0.480 e. The number of rotatable bonds is 4. The van der Waals surface area contributed by atoms with Gasteiger partial charge in [-0.15, -0.1) is 11.3 Å². The van der Waals surface area contributed by atoms with Crippen molar-refractivity contribution in [1.82, 2.24) is 10.3 Å². The number of benzene rings is 1. The number of aromatic carboxylic acids is 1. The summed E-state index contributed by atoms with van der Waals surface area (Å²) in [5, 5.41) is 13.5. The van der Waals surface area contributed by atoms with Gasteiger partial charge in [-0.05, 0) is 11.6 Å². The van der Waals surface area contributed by atoms with Gasteiger partial charge < -0.3 is 15.2 Å². The van der Waals surface area contributed by atoms with E-state index in [1.54, 1.807) is 0 Å². The van der Waals surface area contributed by atoms with Gasteiger partial charge in [0.05, 0.1) is 6.54 Å². The predicted octanol–water partition coefficient (Wildman–Crippen LogP) is 1.46. The first kappa shape index (κ1) is 13.6. The van der Waals surface area contributed by atoms with E-state index in [0.717, 1.165) is 11.3 Å². The van der Waals surface area contributed by atoms with Gasteiger partial charge in [-0.25, -0.2) is 9.78 Å². The van der Waals surface area contributed by atoms with Gasteiger partial charge in [-0.2, -0.15) is 0 Å². The number of nitrogens with zero attached hydrogens (tertiary/aromatic N) is 1. The van der Waals surface area contributed by atoms with E-state index >= 15 is 0 Å². The molecule has 1 unspecified atom stereocenters. The average molecular weight is 304 g/mol. The molecule has 0 saturated heterocycles. The van der Waals surface area contributed by atoms with Gasteiger partial charge in [0.1, 0.15) is 10.8 Å². The Balaban J connectivity index is 1.57. The van der Waals surface area contributed by atoms with Crippen molar-refractivity contribution in [2.75, 3.05) is 0 Å². The van der Waals surface area contributed by atoms with E-state index in [4.69, 9.17) is 9.84 Å². The number of hydrogen-bond donors (Lipinski definition) is 2. The molecule has 1 aromatic heterocycles. The minimum absolute atomic E-state index is 0.00577. The Morgan fingerprint density at radius 1 is 1.43 bits per heavy atom. The Hall–Kier alpha value is -2.41. The quantitative estimate of drug-likeness (QED) is 0.892. The molecule has 1 amide bonds. The number of nitrogens with one attached hydrogen (secondary N) is 1. The van der Waals surface area contributed by atoms with Gasteiger partial charge in [0, 0.05) is 11.8 Å². The number of carboxylic acids is 1. The second-order valence-corrected chi connectivity index (χ2v) is 5.51. The number of aromatic nitrogens is 1. The minimum Gasteiger partial charge on any atom is -0.480 e. The first-order chi connectivity index (χ1) is 10.1. The Morgan fingerprint density at radius 3 is 2.95 bits per heavy atom. The molecule has 6 nitrogen and oxygen atoms in total. The number of thiazole rings is 1. The van der Waals surface area contributed by atoms with Gasteiger partial charge in [-0.1, -0.05) is 18.2 Å². The smallest absolute Gasteiger partial charge is 0.355 e. The molecule has 2 heterocycles. The van der Waals surface area contributed by atoms with Crippen molar-refractivity contribution >= 4 is 23.2 Å². The number of para-hydroxylation sites is 1. The van der Waals surface area contributed by atoms with Crippen LogP contribution >= 0.6 is 11.3 Å². The van der Waals surface area contributed by atoms with Crippen molar-refractivity contribution in [3.05, 3.63) is 45.9 Å². The molecule has 108 valence electrons. The van der Waals surface area contributed by atoms with Crippen molar-refractivity contribution in [2.45, 2.75) is 19.1 Å². The summed E-state index contributed by atoms with van der Waals surface area (Å²) in [6, 6.07) is 7.54. The van der Waals surface area contributed by atoms with E-state index in [0.29, 0.717) is 11.4 Å². The van der Waals surface area contributed by atoms with Gasteiger partial charge in [0.2, 0.25) is 0 Å². The topological polar surface area (TPSA) is 88.5 Å². The summed E-state index contributed by atoms with van der Waals surface area (Å²) in [6.07, 6.45) is 0.00146. The molecule has 7 heteroatoms. The number of carbonyl (C=O) groups is 2. The number of fused-ring (bicyclic) bond motifs is 1. The van der Waals surface area contributed by atoms with Crippen LogP contribution in [0.25, 0.3) is 0 Å². The second-order valence-electron chi connectivity index (χ2n) is 4.57. The molecule has 0 saturated carbocycles. The Bertz CT molecular complexity index is 673. The van der Waals surface area contributed by atoms with Crippen molar-refractivity contribution in [1.29, 1.82) is 0 Å². The molecular formula is C14H12N2O4S. The summed E-state index contributed by atoms with van der Waals surface area (Å²) in [6.45, 7) is 0.201. The predicted molar refractivity (Wildman–Crippen MR) is 75.5 cm³/mol. The fraction of sp³-hybridized carbons (Fsp3) is 0.214. The third kappa shape index (κ3) is 2.87. The minimum atomic E-state index is -1.07. The van der Waals surface area contributed by atoms with Crippen LogP contribution in [-0.4, -0.2) is 28.1 Å². The molecule has 21 heavy (non-hydrogen) atoms. The van der Waals surface area contributed by atoms with Crippen molar-refractivity contribution in [2.24, 2.45) is 0 Å². The SMILES string of the molecule is O=C(O)c1csc(CNC(=O)C2Cc3ccccc3O2)n1. The van der Waals surface area contributed by atoms with Crippen LogP contribution in [0, 0.1) is 0 Å². The van der Waals surface area contributed by atoms with Crippen LogP contribution in [0.15, 0.2) is 29.6 Å². The van der Waals surface area contributed by atoms with Crippen LogP contribution in [-0.2, 0) is 17.8 Å². The molecule has 2 N–H and O–H groups in total. The highest BCUT2D eigenvalue weighted by Gasteiger charge is 2.28. The Morgan fingerprint density at radius 2 is 2.24 bits per heavy atom. The summed E-state index contributed by atoms with van der Waals surface area (Å²) in [7, 11) is 0. The number of amides is 1. The van der Waals surface area contributed by atoms with Gasteiger partial charge >= 0.3 is 5.97 Å². The summed E-state index contributed by atoms with van der Waals surface area (Å²) < 4.78 is 5.58. The fourth-order valence-corrected chi connectivity index (χ4v) is 2.80. The maximum absolute atomic E-state index is 12.1. The maximum Gasteiger partial charge on any atom is 0.355 e. The summed E-state index contributed by atoms with van der Waals surface area (Å²) in [4.78, 5) is 26.7. The molecule has 1 aliphatic heterocycles. The van der Waals surface area contributed by atoms with E-state index in [9.17, 15) is 9.59 Å². The zero-order valence-corrected chi connectivity index (χ0v) is 11.7. The van der Waals surface area contributed by atoms with Crippen molar-refractivity contribution in [3.63, 3.8) is 0 Å². The molecule has 0 fully saturated rings. The van der Waals surface area contributed by atoms with Crippen LogP contribution in [0.2, 0.25) is 0 Å². The highest BCUT2D eigenvalue weighted by atomic mass is 32.1. The van der Waals surface area contributed by atoms with Gasteiger partial charge in [0.15, 0.2) is 11.8 Å². The Kier molecular flexibility index (Phi) is 3.57. The molecule has 3 rings (SSSR count). The molecule has 1 aromatic carbocycles. The van der Waals surface area contributed by atoms with Crippen LogP contribution < -0.4 is 10.1 Å².